The highest BCUT2D eigenvalue weighted by atomic mass is 32.2. The van der Waals surface area contributed by atoms with E-state index in [0.29, 0.717) is 53.3 Å². The molecule has 2 aromatic heterocycles. The van der Waals surface area contributed by atoms with E-state index in [0.717, 1.165) is 12.8 Å². The molecule has 17 heteroatoms. The van der Waals surface area contributed by atoms with E-state index in [-0.39, 0.29) is 42.7 Å². The molecule has 1 saturated heterocycles. The number of methoxy groups -OCH3 is 1. The Morgan fingerprint density at radius 1 is 1.05 bits per heavy atom. The lowest BCUT2D eigenvalue weighted by Crippen LogP contribution is -2.58. The van der Waals surface area contributed by atoms with Gasteiger partial charge in [-0.2, -0.15) is 0 Å². The molecule has 2 saturated carbocycles. The molecule has 4 aromatic rings. The number of halogens is 1. The maximum absolute atomic E-state index is 14.7. The number of nitrogens with one attached hydrogen (secondary N) is 3. The van der Waals surface area contributed by atoms with Crippen molar-refractivity contribution in [2.24, 2.45) is 5.92 Å². The maximum Gasteiger partial charge on any atom is 0.408 e. The van der Waals surface area contributed by atoms with Crippen LogP contribution in [0.1, 0.15) is 78.6 Å². The first-order valence-corrected chi connectivity index (χ1v) is 21.6. The molecule has 5 atom stereocenters. The standard InChI is InChI=1S/C42H48FN5O10S/c1-41(2,3)58-40(52)45-30-11-9-7-5-6-8-10-23-21-42(23,39(51)47-59(53,54)27-14-15-27)46-37(49)32-19-26(22-48(32)38(30)50)56-35-28-16-12-24(43)18-31(28)44-34-29-17-13-25(55-4)20-33(29)57-36(34)35/h8,10,12-13,16-18,20,23,26-27,30,32H,5-7,9,11,14-15,19,21-22H2,1-4H3,(H,45,52)(H,46,49)(H,47,51)/b10-8-/t23-,26+,30-,32-,42+/m0/s1. The van der Waals surface area contributed by atoms with Crippen molar-refractivity contribution in [1.29, 1.82) is 0 Å². The number of hydrogen-bond donors (Lipinski definition) is 3. The first-order chi connectivity index (χ1) is 28.0. The van der Waals surface area contributed by atoms with Gasteiger partial charge < -0.3 is 34.2 Å². The molecule has 3 N–H and O–H groups in total. The number of alkyl carbamates (subject to hydrolysis) is 1. The Bertz CT molecular complexity index is 2500. The number of pyridine rings is 1. The molecule has 0 spiro atoms. The Balaban J connectivity index is 1.17. The van der Waals surface area contributed by atoms with Gasteiger partial charge in [0.15, 0.2) is 11.3 Å². The van der Waals surface area contributed by atoms with Crippen LogP contribution < -0.4 is 24.8 Å². The van der Waals surface area contributed by atoms with Crippen LogP contribution in [0.4, 0.5) is 9.18 Å². The molecule has 4 aliphatic rings. The third-order valence-electron chi connectivity index (χ3n) is 11.3. The van der Waals surface area contributed by atoms with Gasteiger partial charge in [0.25, 0.3) is 5.91 Å². The molecule has 314 valence electrons. The van der Waals surface area contributed by atoms with Gasteiger partial charge in [0, 0.05) is 35.2 Å². The molecule has 2 aliphatic heterocycles. The van der Waals surface area contributed by atoms with Gasteiger partial charge >= 0.3 is 6.09 Å². The zero-order chi connectivity index (χ0) is 41.9. The van der Waals surface area contributed by atoms with E-state index in [4.69, 9.17) is 23.6 Å². The summed E-state index contributed by atoms with van der Waals surface area (Å²) in [6.45, 7) is 5.01. The fraction of sp³-hybridized carbons (Fsp3) is 0.500. The quantitative estimate of drug-likeness (QED) is 0.198. The molecular weight excluding hydrogens is 786 g/mol. The van der Waals surface area contributed by atoms with E-state index in [2.05, 4.69) is 15.4 Å². The summed E-state index contributed by atoms with van der Waals surface area (Å²) in [6.07, 6.45) is 6.09. The topological polar surface area (TPSA) is 195 Å². The Labute approximate surface area is 340 Å². The first kappa shape index (κ1) is 40.3. The zero-order valence-electron chi connectivity index (χ0n) is 33.3. The molecule has 15 nitrogen and oxygen atoms in total. The van der Waals surface area contributed by atoms with E-state index in [1.54, 1.807) is 39.0 Å². The van der Waals surface area contributed by atoms with Crippen molar-refractivity contribution in [2.75, 3.05) is 13.7 Å². The number of rotatable bonds is 7. The molecular formula is C42H48FN5O10S. The SMILES string of the molecule is COc1ccc2c(c1)oc1c(O[C@@H]3C[C@H]4C(=O)N[C@]5(C(=O)NS(=O)(=O)C6CC6)C[C@@H]5/C=C\CCCCC[C@H](NC(=O)OC(C)(C)C)C(=O)N4C3)c3ccc(F)cc3nc12. The third kappa shape index (κ3) is 8.25. The second-order valence-corrected chi connectivity index (χ2v) is 18.9. The molecule has 2 aromatic carbocycles. The van der Waals surface area contributed by atoms with Crippen LogP contribution in [0, 0.1) is 11.7 Å². The highest BCUT2D eigenvalue weighted by Crippen LogP contribution is 2.46. The Morgan fingerprint density at radius 2 is 1.83 bits per heavy atom. The number of furan rings is 1. The summed E-state index contributed by atoms with van der Waals surface area (Å²) in [6, 6.07) is 7.00. The Hall–Kier alpha value is -5.45. The minimum absolute atomic E-state index is 0.0597. The molecule has 0 bridgehead atoms. The molecule has 3 fully saturated rings. The van der Waals surface area contributed by atoms with Crippen LogP contribution in [-0.2, 0) is 29.1 Å². The number of carbonyl (C=O) groups is 4. The lowest BCUT2D eigenvalue weighted by Gasteiger charge is -2.30. The fourth-order valence-corrected chi connectivity index (χ4v) is 9.43. The van der Waals surface area contributed by atoms with Crippen LogP contribution in [0.15, 0.2) is 53.0 Å². The molecule has 8 rings (SSSR count). The number of amides is 4. The monoisotopic (exact) mass is 833 g/mol. The first-order valence-electron chi connectivity index (χ1n) is 20.1. The number of hydrogen-bond acceptors (Lipinski definition) is 11. The lowest BCUT2D eigenvalue weighted by molar-refractivity contribution is -0.141. The predicted molar refractivity (Wildman–Crippen MR) is 215 cm³/mol. The van der Waals surface area contributed by atoms with Crippen LogP contribution in [0.3, 0.4) is 0 Å². The van der Waals surface area contributed by atoms with Gasteiger partial charge in [-0.15, -0.1) is 0 Å². The number of fused-ring (bicyclic) bond motifs is 6. The number of ether oxygens (including phenoxy) is 3. The van der Waals surface area contributed by atoms with E-state index >= 15 is 0 Å². The normalized spacial score (nSPS) is 25.9. The summed E-state index contributed by atoms with van der Waals surface area (Å²) in [4.78, 5) is 62.3. The smallest absolute Gasteiger partial charge is 0.408 e. The molecule has 0 unspecified atom stereocenters. The Morgan fingerprint density at radius 3 is 2.58 bits per heavy atom. The fourth-order valence-electron chi connectivity index (χ4n) is 8.07. The number of benzene rings is 2. The number of sulfonamides is 1. The van der Waals surface area contributed by atoms with Crippen molar-refractivity contribution in [3.8, 4) is 11.5 Å². The van der Waals surface area contributed by atoms with Gasteiger partial charge in [0.2, 0.25) is 21.8 Å². The van der Waals surface area contributed by atoms with Crippen LogP contribution in [0.5, 0.6) is 11.5 Å². The van der Waals surface area contributed by atoms with Crippen molar-refractivity contribution in [1.82, 2.24) is 25.2 Å². The summed E-state index contributed by atoms with van der Waals surface area (Å²) in [5.41, 5.74) is -1.02. The zero-order valence-corrected chi connectivity index (χ0v) is 34.2. The van der Waals surface area contributed by atoms with Crippen LogP contribution in [-0.4, -0.2) is 90.3 Å². The maximum atomic E-state index is 14.7. The summed E-state index contributed by atoms with van der Waals surface area (Å²) in [7, 11) is -2.41. The van der Waals surface area contributed by atoms with E-state index in [1.807, 2.05) is 12.2 Å². The third-order valence-corrected chi connectivity index (χ3v) is 13.2. The summed E-state index contributed by atoms with van der Waals surface area (Å²) in [5.74, 6) is -2.30. The number of carbonyl (C=O) groups excluding carboxylic acids is 4. The van der Waals surface area contributed by atoms with E-state index in [9.17, 15) is 32.0 Å². The van der Waals surface area contributed by atoms with Crippen molar-refractivity contribution < 1.29 is 50.6 Å². The number of nitrogens with zero attached hydrogens (tertiary/aromatic N) is 2. The molecule has 4 heterocycles. The van der Waals surface area contributed by atoms with Crippen LogP contribution >= 0.6 is 0 Å². The minimum atomic E-state index is -3.94. The van der Waals surface area contributed by atoms with Gasteiger partial charge in [0.05, 0.1) is 24.4 Å². The van der Waals surface area contributed by atoms with E-state index < -0.39 is 80.2 Å². The van der Waals surface area contributed by atoms with Gasteiger partial charge in [-0.1, -0.05) is 25.0 Å². The Kier molecular flexibility index (Phi) is 10.5. The van der Waals surface area contributed by atoms with Crippen molar-refractivity contribution in [2.45, 2.75) is 113 Å². The molecule has 2 aliphatic carbocycles. The molecule has 0 radical (unpaired) electrons. The lowest BCUT2D eigenvalue weighted by atomic mass is 10.0. The average molecular weight is 834 g/mol. The molecule has 4 amide bonds. The second-order valence-electron chi connectivity index (χ2n) is 16.9. The predicted octanol–water partition coefficient (Wildman–Crippen LogP) is 5.53. The largest absolute Gasteiger partial charge is 0.497 e. The van der Waals surface area contributed by atoms with Crippen LogP contribution in [0.25, 0.3) is 33.0 Å². The average Bonchev–Trinajstić information content (AvgIpc) is 4.07. The highest BCUT2D eigenvalue weighted by Gasteiger charge is 2.62. The van der Waals surface area contributed by atoms with E-state index in [1.165, 1.54) is 30.2 Å². The van der Waals surface area contributed by atoms with Crippen molar-refractivity contribution >= 4 is 66.8 Å². The summed E-state index contributed by atoms with van der Waals surface area (Å²) < 4.78 is 66.6. The van der Waals surface area contributed by atoms with Crippen LogP contribution in [0.2, 0.25) is 0 Å². The van der Waals surface area contributed by atoms with Gasteiger partial charge in [-0.3, -0.25) is 19.1 Å². The summed E-state index contributed by atoms with van der Waals surface area (Å²) >= 11 is 0. The summed E-state index contributed by atoms with van der Waals surface area (Å²) in [5, 5.41) is 5.99. The minimum Gasteiger partial charge on any atom is -0.497 e. The van der Waals surface area contributed by atoms with Gasteiger partial charge in [-0.25, -0.2) is 22.6 Å². The number of aromatic nitrogens is 1. The molecule has 59 heavy (non-hydrogen) atoms. The van der Waals surface area contributed by atoms with Gasteiger partial charge in [0.1, 0.15) is 52.0 Å². The van der Waals surface area contributed by atoms with Crippen molar-refractivity contribution in [3.05, 3.63) is 54.4 Å². The van der Waals surface area contributed by atoms with Gasteiger partial charge in [-0.05, 0) is 83.6 Å². The number of allylic oxidation sites excluding steroid dienone is 1. The highest BCUT2D eigenvalue weighted by molar-refractivity contribution is 7.91. The van der Waals surface area contributed by atoms with Crippen molar-refractivity contribution in [3.63, 3.8) is 0 Å². The second kappa shape index (κ2) is 15.3.